The predicted octanol–water partition coefficient (Wildman–Crippen LogP) is 16.0. The Labute approximate surface area is 485 Å². The summed E-state index contributed by atoms with van der Waals surface area (Å²) in [5.41, 5.74) is 12.2. The van der Waals surface area contributed by atoms with Gasteiger partial charge in [-0.05, 0) is 172 Å². The topological polar surface area (TPSA) is 149 Å². The van der Waals surface area contributed by atoms with Gasteiger partial charge < -0.3 is 43.4 Å². The molecule has 0 unspecified atom stereocenters. The maximum atomic E-state index is 14.2. The van der Waals surface area contributed by atoms with Crippen LogP contribution in [0.15, 0.2) is 48.5 Å². The van der Waals surface area contributed by atoms with Crippen molar-refractivity contribution in [3.63, 3.8) is 0 Å². The first-order valence-electron chi connectivity index (χ1n) is 27.1. The Morgan fingerprint density at radius 1 is 0.444 bits per heavy atom. The Balaban J connectivity index is 0.000000290. The minimum Gasteiger partial charge on any atom is -0.618 e. The van der Waals surface area contributed by atoms with E-state index in [1.54, 1.807) is 41.4 Å². The van der Waals surface area contributed by atoms with Gasteiger partial charge in [0.25, 0.3) is 17.1 Å². The molecule has 0 aliphatic rings. The van der Waals surface area contributed by atoms with Crippen LogP contribution in [0.5, 0.6) is 23.0 Å². The van der Waals surface area contributed by atoms with Crippen LogP contribution in [0.2, 0.25) is 36.3 Å². The lowest BCUT2D eigenvalue weighted by molar-refractivity contribution is -0.632. The third-order valence-electron chi connectivity index (χ3n) is 17.6. The highest BCUT2D eigenvalue weighted by Crippen LogP contribution is 2.43. The second-order valence-corrected chi connectivity index (χ2v) is 34.2. The van der Waals surface area contributed by atoms with E-state index in [1.165, 1.54) is 0 Å². The summed E-state index contributed by atoms with van der Waals surface area (Å²) in [6.45, 7) is 42.1. The number of hydrogen-bond donors (Lipinski definition) is 0. The fraction of sp³-hybridized carbons (Fsp3) is 0.455. The van der Waals surface area contributed by atoms with Gasteiger partial charge in [-0.1, -0.05) is 68.5 Å². The number of hydrogen-bond acceptors (Lipinski definition) is 10. The number of benzene rings is 4. The lowest BCUT2D eigenvalue weighted by Gasteiger charge is -2.35. The second-order valence-electron chi connectivity index (χ2n) is 24.5. The Morgan fingerprint density at radius 2 is 0.802 bits per heavy atom. The van der Waals surface area contributed by atoms with Gasteiger partial charge in [0.15, 0.2) is 16.6 Å². The lowest BCUT2D eigenvalue weighted by Crippen LogP contribution is -2.44. The summed E-state index contributed by atoms with van der Waals surface area (Å²) in [5.74, 6) is 2.96. The quantitative estimate of drug-likeness (QED) is 0.0657. The van der Waals surface area contributed by atoms with Crippen LogP contribution in [0.3, 0.4) is 0 Å². The highest BCUT2D eigenvalue weighted by atomic mass is 28.4. The minimum absolute atomic E-state index is 0. The highest BCUT2D eigenvalue weighted by molar-refractivity contribution is 6.74. The molecule has 81 heavy (non-hydrogen) atoms. The van der Waals surface area contributed by atoms with E-state index in [0.717, 1.165) is 114 Å². The minimum atomic E-state index is -2.16. The number of aryl methyl sites for hydroxylation is 6. The van der Waals surface area contributed by atoms with Crippen molar-refractivity contribution in [1.82, 2.24) is 4.98 Å². The van der Waals surface area contributed by atoms with Crippen molar-refractivity contribution in [3.05, 3.63) is 131 Å². The van der Waals surface area contributed by atoms with Gasteiger partial charge in [0.1, 0.15) is 41.9 Å². The van der Waals surface area contributed by atoms with Crippen LogP contribution in [0.25, 0.3) is 65.9 Å². The summed E-state index contributed by atoms with van der Waals surface area (Å²) in [7, 11) is 2.37. The molecule has 8 rings (SSSR count). The van der Waals surface area contributed by atoms with Crippen molar-refractivity contribution in [2.24, 2.45) is 0 Å². The number of ether oxygens (including phenoxy) is 4. The highest BCUT2D eigenvalue weighted by Gasteiger charge is 2.40. The molecule has 0 atom stereocenters. The third kappa shape index (κ3) is 11.7. The van der Waals surface area contributed by atoms with Crippen LogP contribution in [-0.2, 0) is 22.1 Å². The summed E-state index contributed by atoms with van der Waals surface area (Å²) in [6.07, 6.45) is 0. The van der Waals surface area contributed by atoms with Gasteiger partial charge in [-0.25, -0.2) is 4.98 Å². The molecule has 0 N–H and O–H groups in total. The summed E-state index contributed by atoms with van der Waals surface area (Å²) in [5, 5.41) is 49.0. The van der Waals surface area contributed by atoms with Crippen LogP contribution in [0.1, 0.15) is 124 Å². The fourth-order valence-electron chi connectivity index (χ4n) is 10.1. The van der Waals surface area contributed by atoms with E-state index in [4.69, 9.17) is 32.8 Å². The van der Waals surface area contributed by atoms with Crippen LogP contribution in [0.4, 0.5) is 0 Å². The molecule has 0 aliphatic heterocycles. The smallest absolute Gasteiger partial charge is 0.298 e. The Bertz CT molecular complexity index is 3750. The number of aromatic nitrogens is 4. The number of pyridine rings is 4. The first kappa shape index (κ1) is 65.3. The number of nitrogens with zero attached hydrogens (tertiary/aromatic N) is 4. The number of rotatable bonds is 12. The molecule has 15 heteroatoms. The van der Waals surface area contributed by atoms with Gasteiger partial charge in [-0.3, -0.25) is 0 Å². The summed E-state index contributed by atoms with van der Waals surface area (Å²) >= 11 is 0. The average molecular weight is 1140 g/mol. The van der Waals surface area contributed by atoms with Crippen molar-refractivity contribution in [3.8, 4) is 45.8 Å². The largest absolute Gasteiger partial charge is 0.618 e. The molecule has 13 nitrogen and oxygen atoms in total. The lowest BCUT2D eigenvalue weighted by atomic mass is 9.96. The average Bonchev–Trinajstić information content (AvgIpc) is 3.55. The molecule has 4 aromatic carbocycles. The fourth-order valence-corrected chi connectivity index (χ4v) is 12.0. The Kier molecular flexibility index (Phi) is 19.1. The Hall–Kier alpha value is -6.53. The van der Waals surface area contributed by atoms with E-state index < -0.39 is 16.6 Å². The van der Waals surface area contributed by atoms with Crippen molar-refractivity contribution in [1.29, 1.82) is 0 Å². The zero-order chi connectivity index (χ0) is 58.9. The van der Waals surface area contributed by atoms with Crippen LogP contribution in [0, 0.1) is 84.9 Å². The first-order chi connectivity index (χ1) is 36.7. The third-order valence-corrected chi connectivity index (χ3v) is 26.5. The zero-order valence-electron chi connectivity index (χ0n) is 51.5. The van der Waals surface area contributed by atoms with Crippen LogP contribution in [-0.4, -0.2) is 50.1 Å². The van der Waals surface area contributed by atoms with Gasteiger partial charge in [-0.15, -0.1) is 0 Å². The molecule has 0 bridgehead atoms. The molecule has 0 saturated carbocycles. The van der Waals surface area contributed by atoms with E-state index >= 15 is 0 Å². The van der Waals surface area contributed by atoms with Crippen molar-refractivity contribution in [2.45, 2.75) is 175 Å². The summed E-state index contributed by atoms with van der Waals surface area (Å²) < 4.78 is 39.0. The predicted molar refractivity (Wildman–Crippen MR) is 339 cm³/mol. The molecule has 438 valence electrons. The number of methoxy groups -OCH3 is 4. The summed E-state index contributed by atoms with van der Waals surface area (Å²) in [6, 6.07) is 15.8. The molecule has 0 fully saturated rings. The van der Waals surface area contributed by atoms with E-state index in [9.17, 15) is 15.6 Å². The Morgan fingerprint density at radius 3 is 1.21 bits per heavy atom. The molecule has 8 aromatic rings. The molecule has 0 amide bonds. The van der Waals surface area contributed by atoms with E-state index in [-0.39, 0.29) is 49.5 Å². The molecular weight excluding hydrogens is 1050 g/mol. The normalized spacial score (nSPS) is 12.1. The van der Waals surface area contributed by atoms with E-state index in [0.29, 0.717) is 45.4 Å². The van der Waals surface area contributed by atoms with Gasteiger partial charge in [0.2, 0.25) is 17.1 Å². The van der Waals surface area contributed by atoms with E-state index in [2.05, 4.69) is 93.7 Å². The maximum Gasteiger partial charge on any atom is 0.298 e. The molecule has 0 radical (unpaired) electrons. The van der Waals surface area contributed by atoms with Gasteiger partial charge in [0.05, 0.1) is 44.6 Å². The monoisotopic (exact) mass is 1140 g/mol. The zero-order valence-corrected chi connectivity index (χ0v) is 53.5. The second kappa shape index (κ2) is 23.7. The van der Waals surface area contributed by atoms with Crippen molar-refractivity contribution < 1.29 is 42.0 Å². The SMILES string of the molecule is C.C.COc1c(C)c(C)cc2c(-c3cc4cc(C)c(C)c(OC)c4c(C)[n+]3[O-])[n+]([O-])c(CO[Si](C)(C)C(C)(C)C)cc12.COc1c(C)c(C)cc2c(-c3cc4cc(C)c(C)c(OC)c4c(C)n3)[n+]([O-])c(CO[Si](C)(C)C(C)(C)C)cc12. The molecule has 4 heterocycles. The van der Waals surface area contributed by atoms with Crippen LogP contribution >= 0.6 is 0 Å². The van der Waals surface area contributed by atoms with Gasteiger partial charge in [-0.2, -0.15) is 14.2 Å². The first-order valence-corrected chi connectivity index (χ1v) is 32.9. The number of fused-ring (bicyclic) bond motifs is 4. The molecular formula is C66H92N4O9Si2. The van der Waals surface area contributed by atoms with Crippen molar-refractivity contribution in [2.75, 3.05) is 28.4 Å². The molecule has 0 saturated heterocycles. The standard InChI is InChI=1S/C32H42N2O5Si.C32H42N2O4Si.2CH4/c1-18-13-23-15-27(33(35)22(5)28(23)31(38-10)21(18)4)29-25-14-19(2)20(3)30(37-9)26(25)16-24(34(29)36)17-39-40(11,12)32(6,7)8;1-18-13-23-15-27(33-22(5)28(23)31(37-10)21(18)4)29-25-14-19(2)20(3)30(36-9)26(25)16-24(34(29)35)17-38-39(11,12)32(6,7)8;;/h13-16H,17H2,1-12H3;13-16H,17H2,1-12H3;2*1H4. The van der Waals surface area contributed by atoms with Crippen molar-refractivity contribution >= 4 is 59.7 Å². The van der Waals surface area contributed by atoms with E-state index in [1.807, 2.05) is 78.8 Å². The molecule has 4 aromatic heterocycles. The van der Waals surface area contributed by atoms with Gasteiger partial charge in [0, 0.05) is 47.0 Å². The molecule has 0 aliphatic carbocycles. The van der Waals surface area contributed by atoms with Gasteiger partial charge >= 0.3 is 0 Å². The van der Waals surface area contributed by atoms with Crippen LogP contribution < -0.4 is 33.1 Å². The maximum absolute atomic E-state index is 14.2. The molecule has 0 spiro atoms. The summed E-state index contributed by atoms with van der Waals surface area (Å²) in [4.78, 5) is 4.98.